The van der Waals surface area contributed by atoms with Crippen molar-refractivity contribution in [1.29, 1.82) is 0 Å². The number of rotatable bonds is 2. The van der Waals surface area contributed by atoms with Gasteiger partial charge in [0.1, 0.15) is 11.5 Å². The number of phenols is 1. The molecule has 3 nitrogen and oxygen atoms in total. The Morgan fingerprint density at radius 3 is 2.82 bits per heavy atom. The molecule has 0 aliphatic heterocycles. The first-order valence-corrected chi connectivity index (χ1v) is 3.28. The van der Waals surface area contributed by atoms with E-state index in [1.54, 1.807) is 19.2 Å². The fraction of sp³-hybridized carbons (Fsp3) is 0.250. The third-order valence-electron chi connectivity index (χ3n) is 1.48. The summed E-state index contributed by atoms with van der Waals surface area (Å²) in [5.74, 6) is 0.825. The summed E-state index contributed by atoms with van der Waals surface area (Å²) in [6.45, 7) is 0.0725. The van der Waals surface area contributed by atoms with Gasteiger partial charge in [-0.05, 0) is 18.2 Å². The molecule has 0 fully saturated rings. The Kier molecular flexibility index (Phi) is 2.33. The number of nitrogens with one attached hydrogen (secondary N) is 1. The summed E-state index contributed by atoms with van der Waals surface area (Å²) in [5.41, 5.74) is 7.63. The zero-order valence-corrected chi connectivity index (χ0v) is 6.29. The lowest BCUT2D eigenvalue weighted by Gasteiger charge is -2.03. The molecule has 0 saturated heterocycles. The summed E-state index contributed by atoms with van der Waals surface area (Å²) < 4.78 is 4.92. The van der Waals surface area contributed by atoms with Gasteiger partial charge in [0.05, 0.1) is 7.11 Å². The van der Waals surface area contributed by atoms with Gasteiger partial charge in [-0.3, -0.25) is 5.73 Å². The van der Waals surface area contributed by atoms with Gasteiger partial charge in [0.15, 0.2) is 0 Å². The van der Waals surface area contributed by atoms with Crippen molar-refractivity contribution >= 4 is 0 Å². The van der Waals surface area contributed by atoms with E-state index in [1.807, 2.05) is 0 Å². The van der Waals surface area contributed by atoms with E-state index in [0.717, 1.165) is 0 Å². The average molecular weight is 152 g/mol. The molecule has 2 N–H and O–H groups in total. The van der Waals surface area contributed by atoms with Crippen molar-refractivity contribution in [2.45, 2.75) is 6.54 Å². The van der Waals surface area contributed by atoms with Gasteiger partial charge in [-0.25, -0.2) is 0 Å². The normalized spacial score (nSPS) is 9.64. The second-order valence-electron chi connectivity index (χ2n) is 2.17. The Labute approximate surface area is 65.4 Å². The predicted octanol–water partition coefficient (Wildman–Crippen LogP) is 1.18. The van der Waals surface area contributed by atoms with E-state index in [2.05, 4.69) is 0 Å². The predicted molar refractivity (Wildman–Crippen MR) is 41.5 cm³/mol. The van der Waals surface area contributed by atoms with Crippen LogP contribution in [0.15, 0.2) is 18.2 Å². The number of aromatic hydroxyl groups is 1. The standard InChI is InChI=1S/C8H10NO2/c1-11-7-2-3-8(10)6(4-7)5-9/h2-4,9-10H,5H2,1H3. The van der Waals surface area contributed by atoms with Crippen LogP contribution in [-0.4, -0.2) is 12.2 Å². The van der Waals surface area contributed by atoms with Crippen molar-refractivity contribution < 1.29 is 9.84 Å². The molecule has 0 atom stereocenters. The Balaban J connectivity index is 3.02. The van der Waals surface area contributed by atoms with Crippen LogP contribution in [-0.2, 0) is 6.54 Å². The number of phenolic OH excluding ortho intramolecular Hbond substituents is 1. The van der Waals surface area contributed by atoms with E-state index in [1.165, 1.54) is 6.07 Å². The van der Waals surface area contributed by atoms with Gasteiger partial charge in [-0.15, -0.1) is 0 Å². The third kappa shape index (κ3) is 1.62. The van der Waals surface area contributed by atoms with Gasteiger partial charge in [-0.1, -0.05) is 0 Å². The highest BCUT2D eigenvalue weighted by molar-refractivity contribution is 5.38. The Hall–Kier alpha value is -1.22. The lowest BCUT2D eigenvalue weighted by molar-refractivity contribution is 0.410. The van der Waals surface area contributed by atoms with E-state index >= 15 is 0 Å². The molecule has 1 radical (unpaired) electrons. The smallest absolute Gasteiger partial charge is 0.120 e. The maximum Gasteiger partial charge on any atom is 0.120 e. The minimum atomic E-state index is 0.0725. The van der Waals surface area contributed by atoms with Gasteiger partial charge in [0.2, 0.25) is 0 Å². The first-order chi connectivity index (χ1) is 5.27. The number of ether oxygens (including phenoxy) is 1. The van der Waals surface area contributed by atoms with Crippen molar-refractivity contribution in [1.82, 2.24) is 5.73 Å². The average Bonchev–Trinajstić information content (AvgIpc) is 2.05. The zero-order chi connectivity index (χ0) is 8.27. The molecule has 11 heavy (non-hydrogen) atoms. The van der Waals surface area contributed by atoms with Crippen LogP contribution in [0.3, 0.4) is 0 Å². The molecule has 59 valence electrons. The van der Waals surface area contributed by atoms with Crippen LogP contribution < -0.4 is 10.5 Å². The molecule has 0 aromatic heterocycles. The molecular weight excluding hydrogens is 142 g/mol. The number of benzene rings is 1. The molecule has 0 amide bonds. The minimum absolute atomic E-state index is 0.0725. The van der Waals surface area contributed by atoms with Crippen LogP contribution in [0.5, 0.6) is 11.5 Å². The van der Waals surface area contributed by atoms with E-state index in [-0.39, 0.29) is 12.3 Å². The van der Waals surface area contributed by atoms with E-state index in [0.29, 0.717) is 11.3 Å². The van der Waals surface area contributed by atoms with Crippen molar-refractivity contribution in [3.05, 3.63) is 23.8 Å². The largest absolute Gasteiger partial charge is 0.508 e. The SMILES string of the molecule is COc1ccc(O)c(C[NH])c1. The van der Waals surface area contributed by atoms with E-state index < -0.39 is 0 Å². The summed E-state index contributed by atoms with van der Waals surface area (Å²) in [6, 6.07) is 4.85. The van der Waals surface area contributed by atoms with Gasteiger partial charge in [-0.2, -0.15) is 0 Å². The molecule has 0 unspecified atom stereocenters. The highest BCUT2D eigenvalue weighted by atomic mass is 16.5. The second-order valence-corrected chi connectivity index (χ2v) is 2.17. The Morgan fingerprint density at radius 1 is 1.55 bits per heavy atom. The first kappa shape index (κ1) is 7.88. The highest BCUT2D eigenvalue weighted by Gasteiger charge is 1.99. The van der Waals surface area contributed by atoms with Gasteiger partial charge < -0.3 is 9.84 Å². The molecule has 0 aliphatic rings. The lowest BCUT2D eigenvalue weighted by atomic mass is 10.2. The molecule has 0 aliphatic carbocycles. The molecule has 1 aromatic carbocycles. The fourth-order valence-electron chi connectivity index (χ4n) is 0.830. The molecule has 1 aromatic rings. The van der Waals surface area contributed by atoms with Crippen LogP contribution in [0, 0.1) is 0 Å². The molecule has 0 bridgehead atoms. The molecule has 3 heteroatoms. The van der Waals surface area contributed by atoms with E-state index in [4.69, 9.17) is 15.6 Å². The van der Waals surface area contributed by atoms with Gasteiger partial charge in [0, 0.05) is 12.1 Å². The van der Waals surface area contributed by atoms with Gasteiger partial charge >= 0.3 is 0 Å². The summed E-state index contributed by atoms with van der Waals surface area (Å²) in [4.78, 5) is 0. The topological polar surface area (TPSA) is 53.3 Å². The van der Waals surface area contributed by atoms with Crippen molar-refractivity contribution in [3.63, 3.8) is 0 Å². The Bertz CT molecular complexity index is 248. The highest BCUT2D eigenvalue weighted by Crippen LogP contribution is 2.21. The maximum absolute atomic E-state index is 9.15. The third-order valence-corrected chi connectivity index (χ3v) is 1.48. The van der Waals surface area contributed by atoms with Crippen LogP contribution in [0.25, 0.3) is 0 Å². The monoisotopic (exact) mass is 152 g/mol. The fourth-order valence-corrected chi connectivity index (χ4v) is 0.830. The van der Waals surface area contributed by atoms with Crippen LogP contribution in [0.4, 0.5) is 0 Å². The molecular formula is C8H10NO2. The minimum Gasteiger partial charge on any atom is -0.508 e. The van der Waals surface area contributed by atoms with Crippen LogP contribution in [0.2, 0.25) is 0 Å². The molecule has 1 rings (SSSR count). The van der Waals surface area contributed by atoms with Crippen molar-refractivity contribution in [2.24, 2.45) is 0 Å². The molecule has 0 spiro atoms. The van der Waals surface area contributed by atoms with Crippen LogP contribution >= 0.6 is 0 Å². The number of hydrogen-bond donors (Lipinski definition) is 1. The van der Waals surface area contributed by atoms with Gasteiger partial charge in [0.25, 0.3) is 0 Å². The van der Waals surface area contributed by atoms with Crippen LogP contribution in [0.1, 0.15) is 5.56 Å². The van der Waals surface area contributed by atoms with Crippen molar-refractivity contribution in [3.8, 4) is 11.5 Å². The summed E-state index contributed by atoms with van der Waals surface area (Å²) in [6.07, 6.45) is 0. The Morgan fingerprint density at radius 2 is 2.27 bits per heavy atom. The summed E-state index contributed by atoms with van der Waals surface area (Å²) >= 11 is 0. The summed E-state index contributed by atoms with van der Waals surface area (Å²) in [7, 11) is 1.56. The zero-order valence-electron chi connectivity index (χ0n) is 6.29. The molecule has 0 heterocycles. The quantitative estimate of drug-likeness (QED) is 0.691. The number of methoxy groups -OCH3 is 1. The van der Waals surface area contributed by atoms with Crippen molar-refractivity contribution in [2.75, 3.05) is 7.11 Å². The second kappa shape index (κ2) is 3.25. The first-order valence-electron chi connectivity index (χ1n) is 3.28. The maximum atomic E-state index is 9.15. The lowest BCUT2D eigenvalue weighted by Crippen LogP contribution is -1.88. The molecule has 0 saturated carbocycles. The van der Waals surface area contributed by atoms with E-state index in [9.17, 15) is 0 Å². The summed E-state index contributed by atoms with van der Waals surface area (Å²) in [5, 5.41) is 9.15. The number of hydrogen-bond acceptors (Lipinski definition) is 2.